The van der Waals surface area contributed by atoms with Gasteiger partial charge in [-0.1, -0.05) is 56.3 Å². The Balaban J connectivity index is 1.80. The minimum Gasteiger partial charge on any atom is -0.509 e. The Morgan fingerprint density at radius 1 is 1.19 bits per heavy atom. The molecule has 2 aliphatic rings. The van der Waals surface area contributed by atoms with Crippen LogP contribution in [0.4, 0.5) is 0 Å². The van der Waals surface area contributed by atoms with E-state index >= 15 is 0 Å². The summed E-state index contributed by atoms with van der Waals surface area (Å²) in [6.45, 7) is 3.68. The molecule has 164 valence electrons. The van der Waals surface area contributed by atoms with Gasteiger partial charge in [-0.2, -0.15) is 18.1 Å². The van der Waals surface area contributed by atoms with Gasteiger partial charge in [0, 0.05) is 12.1 Å². The fraction of sp³-hybridized carbons (Fsp3) is 0.261. The van der Waals surface area contributed by atoms with Crippen LogP contribution in [-0.4, -0.2) is 42.7 Å². The van der Waals surface area contributed by atoms with Crippen LogP contribution in [-0.2, 0) is 21.4 Å². The van der Waals surface area contributed by atoms with Crippen LogP contribution >= 0.6 is 0 Å². The third kappa shape index (κ3) is 3.52. The highest BCUT2D eigenvalue weighted by molar-refractivity contribution is 7.91. The molecule has 8 nitrogen and oxygen atoms in total. The number of rotatable bonds is 6. The van der Waals surface area contributed by atoms with Gasteiger partial charge in [0.2, 0.25) is 0 Å². The van der Waals surface area contributed by atoms with E-state index in [0.717, 1.165) is 5.56 Å². The number of aliphatic hydroxyl groups is 1. The van der Waals surface area contributed by atoms with E-state index in [0.29, 0.717) is 0 Å². The Labute approximate surface area is 186 Å². The summed E-state index contributed by atoms with van der Waals surface area (Å²) < 4.78 is 34.8. The van der Waals surface area contributed by atoms with Gasteiger partial charge in [-0.05, 0) is 17.5 Å². The molecule has 4 rings (SSSR count). The predicted octanol–water partition coefficient (Wildman–Crippen LogP) is 2.96. The summed E-state index contributed by atoms with van der Waals surface area (Å²) in [6.07, 6.45) is 0. The molecule has 0 fully saturated rings. The van der Waals surface area contributed by atoms with Gasteiger partial charge >= 0.3 is 0 Å². The van der Waals surface area contributed by atoms with Crippen LogP contribution in [0.15, 0.2) is 69.2 Å². The average molecular weight is 452 g/mol. The lowest BCUT2D eigenvalue weighted by Gasteiger charge is -2.28. The van der Waals surface area contributed by atoms with E-state index in [1.54, 1.807) is 12.1 Å². The Kier molecular flexibility index (Phi) is 5.48. The molecule has 0 saturated carbocycles. The van der Waals surface area contributed by atoms with Crippen LogP contribution in [0.25, 0.3) is 0 Å². The fourth-order valence-electron chi connectivity index (χ4n) is 4.11. The number of ether oxygens (including phenoxy) is 1. The first-order valence-electron chi connectivity index (χ1n) is 10.0. The molecule has 1 atom stereocenters. The molecule has 0 radical (unpaired) electrons. The maximum absolute atomic E-state index is 13.5. The molecule has 9 heteroatoms. The largest absolute Gasteiger partial charge is 0.509 e. The molecule has 0 unspecified atom stereocenters. The molecule has 2 heterocycles. The summed E-state index contributed by atoms with van der Waals surface area (Å²) in [5, 5.41) is 19.9. The van der Waals surface area contributed by atoms with Gasteiger partial charge in [0.1, 0.15) is 33.8 Å². The molecular weight excluding hydrogens is 430 g/mol. The average Bonchev–Trinajstić information content (AvgIpc) is 3.17. The quantitative estimate of drug-likeness (QED) is 0.721. The topological polar surface area (TPSA) is 120 Å². The maximum Gasteiger partial charge on any atom is 0.287 e. The van der Waals surface area contributed by atoms with Gasteiger partial charge in [0.15, 0.2) is 6.61 Å². The number of amides is 1. The standard InChI is InChI=1S/C23H21N3O5S/c1-14(2)20-21(27)18(23(28)26(20)13-15-7-4-3-5-8-15)19-16-9-6-10-17(31-12-11-24)22(16)32(29,30)25-19/h3-10,14,20,27H,12-13H2,1-2H3/t20-/m0/s1. The molecule has 1 amide bonds. The van der Waals surface area contributed by atoms with E-state index in [2.05, 4.69) is 4.40 Å². The number of nitriles is 1. The number of nitrogens with zero attached hydrogens (tertiary/aromatic N) is 3. The van der Waals surface area contributed by atoms with Crippen molar-refractivity contribution < 1.29 is 23.1 Å². The van der Waals surface area contributed by atoms with Gasteiger partial charge in [-0.25, -0.2) is 0 Å². The Hall–Kier alpha value is -3.64. The maximum atomic E-state index is 13.5. The lowest BCUT2D eigenvalue weighted by Crippen LogP contribution is -2.38. The second-order valence-electron chi connectivity index (χ2n) is 7.86. The Morgan fingerprint density at radius 2 is 1.91 bits per heavy atom. The van der Waals surface area contributed by atoms with E-state index in [1.807, 2.05) is 44.2 Å². The first-order valence-corrected chi connectivity index (χ1v) is 11.5. The van der Waals surface area contributed by atoms with Crippen molar-refractivity contribution in [2.24, 2.45) is 10.3 Å². The van der Waals surface area contributed by atoms with Crippen molar-refractivity contribution in [2.45, 2.75) is 31.3 Å². The zero-order valence-corrected chi connectivity index (χ0v) is 18.3. The minimum absolute atomic E-state index is 0.0186. The highest BCUT2D eigenvalue weighted by Gasteiger charge is 2.46. The molecule has 1 N–H and O–H groups in total. The second-order valence-corrected chi connectivity index (χ2v) is 9.40. The van der Waals surface area contributed by atoms with Crippen molar-refractivity contribution in [3.05, 3.63) is 71.0 Å². The zero-order chi connectivity index (χ0) is 23.0. The monoisotopic (exact) mass is 451 g/mol. The van der Waals surface area contributed by atoms with Gasteiger partial charge in [0.25, 0.3) is 15.9 Å². The third-order valence-corrected chi connectivity index (χ3v) is 6.77. The number of aliphatic hydroxyl groups excluding tert-OH is 1. The SMILES string of the molecule is CC(C)[C@H]1C(O)=C(C2=NS(=O)(=O)c3c(OCC#N)cccc32)C(=O)N1Cc1ccccc1. The Morgan fingerprint density at radius 3 is 2.56 bits per heavy atom. The molecule has 0 spiro atoms. The van der Waals surface area contributed by atoms with Crippen molar-refractivity contribution in [3.8, 4) is 11.8 Å². The summed E-state index contributed by atoms with van der Waals surface area (Å²) in [4.78, 5) is 14.8. The van der Waals surface area contributed by atoms with Crippen LogP contribution < -0.4 is 4.74 Å². The van der Waals surface area contributed by atoms with E-state index in [4.69, 9.17) is 10.00 Å². The lowest BCUT2D eigenvalue weighted by atomic mass is 9.98. The van der Waals surface area contributed by atoms with E-state index < -0.39 is 22.0 Å². The second kappa shape index (κ2) is 8.13. The molecule has 2 aromatic carbocycles. The Bertz CT molecular complexity index is 1290. The number of hydrogen-bond donors (Lipinski definition) is 1. The van der Waals surface area contributed by atoms with E-state index in [1.165, 1.54) is 17.0 Å². The van der Waals surface area contributed by atoms with Crippen molar-refractivity contribution in [3.63, 3.8) is 0 Å². The summed E-state index contributed by atoms with van der Waals surface area (Å²) in [7, 11) is -4.18. The number of carbonyl (C=O) groups is 1. The number of benzene rings is 2. The molecule has 0 aliphatic carbocycles. The van der Waals surface area contributed by atoms with Crippen molar-refractivity contribution >= 4 is 21.6 Å². The number of sulfonamides is 1. The summed E-state index contributed by atoms with van der Waals surface area (Å²) in [6, 6.07) is 15.0. The molecular formula is C23H21N3O5S. The fourth-order valence-corrected chi connectivity index (χ4v) is 5.46. The molecule has 2 aliphatic heterocycles. The van der Waals surface area contributed by atoms with E-state index in [-0.39, 0.29) is 52.3 Å². The molecule has 0 saturated heterocycles. The van der Waals surface area contributed by atoms with E-state index in [9.17, 15) is 18.3 Å². The van der Waals surface area contributed by atoms with Crippen molar-refractivity contribution in [1.82, 2.24) is 4.90 Å². The summed E-state index contributed by atoms with van der Waals surface area (Å²) >= 11 is 0. The minimum atomic E-state index is -4.18. The summed E-state index contributed by atoms with van der Waals surface area (Å²) in [5.74, 6) is -0.834. The van der Waals surface area contributed by atoms with Gasteiger partial charge in [0.05, 0.1) is 6.04 Å². The predicted molar refractivity (Wildman–Crippen MR) is 117 cm³/mol. The third-order valence-electron chi connectivity index (χ3n) is 5.41. The normalized spacial score (nSPS) is 19.2. The van der Waals surface area contributed by atoms with Crippen LogP contribution in [0.2, 0.25) is 0 Å². The number of carbonyl (C=O) groups excluding carboxylic acids is 1. The first kappa shape index (κ1) is 21.6. The van der Waals surface area contributed by atoms with Crippen LogP contribution in [0.3, 0.4) is 0 Å². The first-order chi connectivity index (χ1) is 15.3. The van der Waals surface area contributed by atoms with Crippen LogP contribution in [0.5, 0.6) is 5.75 Å². The zero-order valence-electron chi connectivity index (χ0n) is 17.5. The van der Waals surface area contributed by atoms with Gasteiger partial charge in [-0.15, -0.1) is 0 Å². The van der Waals surface area contributed by atoms with Crippen molar-refractivity contribution in [1.29, 1.82) is 5.26 Å². The lowest BCUT2D eigenvalue weighted by molar-refractivity contribution is -0.128. The molecule has 0 aromatic heterocycles. The molecule has 2 aromatic rings. The molecule has 0 bridgehead atoms. The number of hydrogen-bond acceptors (Lipinski definition) is 6. The van der Waals surface area contributed by atoms with Gasteiger partial charge < -0.3 is 14.7 Å². The van der Waals surface area contributed by atoms with Crippen LogP contribution in [0, 0.1) is 17.2 Å². The number of fused-ring (bicyclic) bond motifs is 1. The van der Waals surface area contributed by atoms with Crippen molar-refractivity contribution in [2.75, 3.05) is 6.61 Å². The van der Waals surface area contributed by atoms with Gasteiger partial charge in [-0.3, -0.25) is 4.79 Å². The highest BCUT2D eigenvalue weighted by Crippen LogP contribution is 2.40. The summed E-state index contributed by atoms with van der Waals surface area (Å²) in [5.41, 5.74) is 0.819. The van der Waals surface area contributed by atoms with Crippen LogP contribution in [0.1, 0.15) is 25.0 Å². The highest BCUT2D eigenvalue weighted by atomic mass is 32.2. The smallest absolute Gasteiger partial charge is 0.287 e. The molecule has 32 heavy (non-hydrogen) atoms.